The van der Waals surface area contributed by atoms with Crippen LogP contribution in [0, 0.1) is 12.3 Å². The van der Waals surface area contributed by atoms with Crippen molar-refractivity contribution >= 4 is 34.5 Å². The first-order valence-corrected chi connectivity index (χ1v) is 9.47. The molecule has 8 heteroatoms. The Morgan fingerprint density at radius 2 is 1.67 bits per heavy atom. The maximum absolute atomic E-state index is 11.2. The number of aromatic nitrogens is 3. The number of amides is 1. The molecule has 0 saturated heterocycles. The summed E-state index contributed by atoms with van der Waals surface area (Å²) in [7, 11) is 0. The molecule has 0 aliphatic rings. The topological polar surface area (TPSA) is 104 Å². The van der Waals surface area contributed by atoms with E-state index >= 15 is 0 Å². The molecule has 0 bridgehead atoms. The molecule has 2 aromatic carbocycles. The van der Waals surface area contributed by atoms with Crippen LogP contribution in [0.4, 0.5) is 17.8 Å². The van der Waals surface area contributed by atoms with Gasteiger partial charge in [-0.25, -0.2) is 0 Å². The van der Waals surface area contributed by atoms with Crippen LogP contribution in [0.25, 0.3) is 10.8 Å². The van der Waals surface area contributed by atoms with Gasteiger partial charge in [0.05, 0.1) is 6.54 Å². The highest BCUT2D eigenvalue weighted by Gasteiger charge is 2.07. The Labute approximate surface area is 175 Å². The fraction of sp³-hybridized carbons (Fsp3) is 0.182. The SMILES string of the molecule is C#CCNc1nc(NCCNC(=O)C=C)nc(NCc2cccc3ccccc23)n1. The molecule has 3 aromatic rings. The minimum Gasteiger partial charge on any atom is -0.352 e. The average molecular weight is 401 g/mol. The van der Waals surface area contributed by atoms with Crippen molar-refractivity contribution in [2.75, 3.05) is 35.6 Å². The van der Waals surface area contributed by atoms with Crippen molar-refractivity contribution in [2.24, 2.45) is 0 Å². The van der Waals surface area contributed by atoms with E-state index in [1.54, 1.807) is 0 Å². The lowest BCUT2D eigenvalue weighted by molar-refractivity contribution is -0.116. The van der Waals surface area contributed by atoms with Crippen molar-refractivity contribution in [2.45, 2.75) is 6.54 Å². The molecule has 8 nitrogen and oxygen atoms in total. The summed E-state index contributed by atoms with van der Waals surface area (Å²) in [6, 6.07) is 14.4. The molecule has 0 fully saturated rings. The van der Waals surface area contributed by atoms with E-state index in [0.717, 1.165) is 5.56 Å². The summed E-state index contributed by atoms with van der Waals surface area (Å²) in [4.78, 5) is 24.3. The lowest BCUT2D eigenvalue weighted by atomic mass is 10.0. The third-order valence-electron chi connectivity index (χ3n) is 4.19. The Kier molecular flexibility index (Phi) is 7.17. The van der Waals surface area contributed by atoms with Gasteiger partial charge in [0.1, 0.15) is 0 Å². The number of carbonyl (C=O) groups is 1. The van der Waals surface area contributed by atoms with Gasteiger partial charge in [0, 0.05) is 19.6 Å². The van der Waals surface area contributed by atoms with E-state index in [9.17, 15) is 4.79 Å². The first-order chi connectivity index (χ1) is 14.7. The van der Waals surface area contributed by atoms with Gasteiger partial charge in [0.2, 0.25) is 23.8 Å². The number of rotatable bonds is 10. The van der Waals surface area contributed by atoms with Crippen LogP contribution < -0.4 is 21.3 Å². The minimum absolute atomic E-state index is 0.235. The maximum atomic E-state index is 11.2. The summed E-state index contributed by atoms with van der Waals surface area (Å²) in [5.41, 5.74) is 1.13. The zero-order valence-electron chi connectivity index (χ0n) is 16.5. The Morgan fingerprint density at radius 1 is 0.967 bits per heavy atom. The van der Waals surface area contributed by atoms with Gasteiger partial charge in [-0.05, 0) is 22.4 Å². The first-order valence-electron chi connectivity index (χ1n) is 9.47. The summed E-state index contributed by atoms with van der Waals surface area (Å²) < 4.78 is 0. The van der Waals surface area contributed by atoms with Crippen molar-refractivity contribution in [1.82, 2.24) is 20.3 Å². The van der Waals surface area contributed by atoms with E-state index in [0.29, 0.717) is 44.0 Å². The van der Waals surface area contributed by atoms with Crippen molar-refractivity contribution in [3.63, 3.8) is 0 Å². The monoisotopic (exact) mass is 401 g/mol. The van der Waals surface area contributed by atoms with Crippen LogP contribution in [0.5, 0.6) is 0 Å². The molecule has 0 atom stereocenters. The number of hydrogen-bond acceptors (Lipinski definition) is 7. The number of hydrogen-bond donors (Lipinski definition) is 4. The average Bonchev–Trinajstić information content (AvgIpc) is 2.78. The van der Waals surface area contributed by atoms with Crippen LogP contribution in [0.15, 0.2) is 55.1 Å². The molecular weight excluding hydrogens is 378 g/mol. The molecule has 0 aliphatic carbocycles. The number of carbonyl (C=O) groups excluding carboxylic acids is 1. The summed E-state index contributed by atoms with van der Waals surface area (Å²) in [6.45, 7) is 5.11. The van der Waals surface area contributed by atoms with Gasteiger partial charge in [-0.1, -0.05) is 55.0 Å². The molecule has 30 heavy (non-hydrogen) atoms. The number of nitrogens with zero attached hydrogens (tertiary/aromatic N) is 3. The lowest BCUT2D eigenvalue weighted by Crippen LogP contribution is -2.27. The number of benzene rings is 2. The molecule has 1 amide bonds. The molecule has 1 heterocycles. The fourth-order valence-electron chi connectivity index (χ4n) is 2.80. The highest BCUT2D eigenvalue weighted by Crippen LogP contribution is 2.19. The van der Waals surface area contributed by atoms with Gasteiger partial charge >= 0.3 is 0 Å². The normalized spacial score (nSPS) is 10.1. The number of nitrogens with one attached hydrogen (secondary N) is 4. The van der Waals surface area contributed by atoms with Crippen molar-refractivity contribution in [1.29, 1.82) is 0 Å². The molecule has 152 valence electrons. The van der Waals surface area contributed by atoms with E-state index in [2.05, 4.69) is 73.0 Å². The second-order valence-corrected chi connectivity index (χ2v) is 6.28. The van der Waals surface area contributed by atoms with Crippen LogP contribution in [0.1, 0.15) is 5.56 Å². The predicted octanol–water partition coefficient (Wildman–Crippen LogP) is 2.40. The lowest BCUT2D eigenvalue weighted by Gasteiger charge is -2.12. The summed E-state index contributed by atoms with van der Waals surface area (Å²) in [6.07, 6.45) is 6.54. The van der Waals surface area contributed by atoms with Crippen LogP contribution in [-0.2, 0) is 11.3 Å². The molecular formula is C22H23N7O. The highest BCUT2D eigenvalue weighted by molar-refractivity contribution is 5.87. The Morgan fingerprint density at radius 3 is 2.43 bits per heavy atom. The van der Waals surface area contributed by atoms with Crippen LogP contribution >= 0.6 is 0 Å². The van der Waals surface area contributed by atoms with Gasteiger partial charge in [0.25, 0.3) is 0 Å². The smallest absolute Gasteiger partial charge is 0.243 e. The molecule has 0 unspecified atom stereocenters. The molecule has 0 spiro atoms. The van der Waals surface area contributed by atoms with Crippen molar-refractivity contribution in [3.8, 4) is 12.3 Å². The molecule has 3 rings (SSSR count). The number of terminal acetylenes is 1. The number of anilines is 3. The summed E-state index contributed by atoms with van der Waals surface area (Å²) in [5, 5.41) is 14.3. The van der Waals surface area contributed by atoms with Gasteiger partial charge in [0.15, 0.2) is 0 Å². The fourth-order valence-corrected chi connectivity index (χ4v) is 2.80. The maximum Gasteiger partial charge on any atom is 0.243 e. The van der Waals surface area contributed by atoms with Gasteiger partial charge in [-0.2, -0.15) is 15.0 Å². The Balaban J connectivity index is 1.71. The highest BCUT2D eigenvalue weighted by atomic mass is 16.1. The van der Waals surface area contributed by atoms with Crippen molar-refractivity contribution < 1.29 is 4.79 Å². The van der Waals surface area contributed by atoms with Crippen LogP contribution in [-0.4, -0.2) is 40.5 Å². The second-order valence-electron chi connectivity index (χ2n) is 6.28. The Hall–Kier alpha value is -4.12. The molecule has 1 aromatic heterocycles. The molecule has 4 N–H and O–H groups in total. The third-order valence-corrected chi connectivity index (χ3v) is 4.19. The number of fused-ring (bicyclic) bond motifs is 1. The zero-order valence-corrected chi connectivity index (χ0v) is 16.5. The summed E-state index contributed by atoms with van der Waals surface area (Å²) >= 11 is 0. The van der Waals surface area contributed by atoms with Crippen molar-refractivity contribution in [3.05, 3.63) is 60.7 Å². The summed E-state index contributed by atoms with van der Waals surface area (Å²) in [5.74, 6) is 3.41. The van der Waals surface area contributed by atoms with Gasteiger partial charge in [-0.15, -0.1) is 6.42 Å². The second kappa shape index (κ2) is 10.4. The largest absolute Gasteiger partial charge is 0.352 e. The third kappa shape index (κ3) is 5.69. The van der Waals surface area contributed by atoms with Crippen LogP contribution in [0.3, 0.4) is 0 Å². The standard InChI is InChI=1S/C22H23N7O/c1-3-12-24-20-27-21(25-14-13-23-19(30)4-2)29-22(28-20)26-15-17-10-7-9-16-8-5-6-11-18(16)17/h1,4-11H,2,12-15H2,(H,23,30)(H3,24,25,26,27,28,29). The molecule has 0 saturated carbocycles. The predicted molar refractivity (Wildman–Crippen MR) is 120 cm³/mol. The van der Waals surface area contributed by atoms with Gasteiger partial charge in [-0.3, -0.25) is 4.79 Å². The van der Waals surface area contributed by atoms with Gasteiger partial charge < -0.3 is 21.3 Å². The zero-order chi connectivity index (χ0) is 21.2. The first kappa shape index (κ1) is 20.6. The van der Waals surface area contributed by atoms with E-state index in [1.807, 2.05) is 18.2 Å². The van der Waals surface area contributed by atoms with E-state index in [1.165, 1.54) is 16.8 Å². The Bertz CT molecular complexity index is 1070. The molecule has 0 radical (unpaired) electrons. The minimum atomic E-state index is -0.235. The van der Waals surface area contributed by atoms with E-state index < -0.39 is 0 Å². The molecule has 0 aliphatic heterocycles. The van der Waals surface area contributed by atoms with Crippen LogP contribution in [0.2, 0.25) is 0 Å². The quantitative estimate of drug-likeness (QED) is 0.235. The van der Waals surface area contributed by atoms with E-state index in [4.69, 9.17) is 6.42 Å². The van der Waals surface area contributed by atoms with E-state index in [-0.39, 0.29) is 5.91 Å².